The fourth-order valence-corrected chi connectivity index (χ4v) is 1.26. The van der Waals surface area contributed by atoms with E-state index in [-0.39, 0.29) is 13.0 Å². The molecule has 2 N–H and O–H groups in total. The Balaban J connectivity index is 2.61. The Morgan fingerprint density at radius 2 is 1.83 bits per heavy atom. The van der Waals surface area contributed by atoms with E-state index >= 15 is 0 Å². The molecular weight excluding hydrogens is 238 g/mol. The predicted molar refractivity (Wildman–Crippen MR) is 63.0 cm³/mol. The van der Waals surface area contributed by atoms with Crippen molar-refractivity contribution in [1.29, 1.82) is 0 Å². The molecule has 1 aromatic carbocycles. The molecule has 18 heavy (non-hydrogen) atoms. The van der Waals surface area contributed by atoms with E-state index < -0.39 is 17.8 Å². The number of carbonyl (C=O) groups excluding carboxylic acids is 2. The van der Waals surface area contributed by atoms with Gasteiger partial charge in [0.1, 0.15) is 0 Å². The highest BCUT2D eigenvalue weighted by atomic mass is 16.5. The molecule has 0 aromatic heterocycles. The molecule has 1 rings (SSSR count). The summed E-state index contributed by atoms with van der Waals surface area (Å²) in [6.07, 6.45) is -0.0912. The van der Waals surface area contributed by atoms with Crippen molar-refractivity contribution in [3.8, 4) is 0 Å². The molecule has 0 fully saturated rings. The van der Waals surface area contributed by atoms with Crippen molar-refractivity contribution in [1.82, 2.24) is 0 Å². The zero-order valence-electron chi connectivity index (χ0n) is 9.80. The SMILES string of the molecule is CCOC(=O)C(=O)Nc1ccc(CC(=O)O)cc1. The van der Waals surface area contributed by atoms with Crippen LogP contribution in [-0.2, 0) is 25.5 Å². The Bertz CT molecular complexity index is 452. The van der Waals surface area contributed by atoms with Gasteiger partial charge in [0.05, 0.1) is 13.0 Å². The average Bonchev–Trinajstić information content (AvgIpc) is 2.31. The molecule has 0 aliphatic carbocycles. The Labute approximate surface area is 104 Å². The summed E-state index contributed by atoms with van der Waals surface area (Å²) in [5.74, 6) is -2.74. The molecule has 6 heteroatoms. The molecule has 0 bridgehead atoms. The first-order valence-electron chi connectivity index (χ1n) is 5.31. The standard InChI is InChI=1S/C12H13NO5/c1-2-18-12(17)11(16)13-9-5-3-8(4-6-9)7-10(14)15/h3-6H,2,7H2,1H3,(H,13,16)(H,14,15). The van der Waals surface area contributed by atoms with E-state index in [2.05, 4.69) is 10.1 Å². The predicted octanol–water partition coefficient (Wildman–Crippen LogP) is 0.815. The van der Waals surface area contributed by atoms with E-state index in [1.807, 2.05) is 0 Å². The topological polar surface area (TPSA) is 92.7 Å². The zero-order chi connectivity index (χ0) is 13.5. The molecule has 0 aliphatic heterocycles. The number of carboxylic acid groups (broad SMARTS) is 1. The average molecular weight is 251 g/mol. The van der Waals surface area contributed by atoms with Gasteiger partial charge in [0, 0.05) is 5.69 Å². The molecule has 6 nitrogen and oxygen atoms in total. The van der Waals surface area contributed by atoms with Crippen molar-refractivity contribution in [2.24, 2.45) is 0 Å². The normalized spacial score (nSPS) is 9.61. The molecule has 1 aromatic rings. The maximum absolute atomic E-state index is 11.3. The maximum Gasteiger partial charge on any atom is 0.397 e. The lowest BCUT2D eigenvalue weighted by Crippen LogP contribution is -2.24. The number of aliphatic carboxylic acids is 1. The van der Waals surface area contributed by atoms with Crippen LogP contribution in [0.15, 0.2) is 24.3 Å². The molecular formula is C12H13NO5. The van der Waals surface area contributed by atoms with Gasteiger partial charge in [-0.05, 0) is 24.6 Å². The van der Waals surface area contributed by atoms with Crippen molar-refractivity contribution in [2.75, 3.05) is 11.9 Å². The molecule has 0 saturated heterocycles. The van der Waals surface area contributed by atoms with Gasteiger partial charge < -0.3 is 15.2 Å². The quantitative estimate of drug-likeness (QED) is 0.610. The number of carboxylic acids is 1. The summed E-state index contributed by atoms with van der Waals surface area (Å²) in [7, 11) is 0. The van der Waals surface area contributed by atoms with E-state index in [0.717, 1.165) is 0 Å². The Morgan fingerprint density at radius 1 is 1.22 bits per heavy atom. The summed E-state index contributed by atoms with van der Waals surface area (Å²) in [4.78, 5) is 32.8. The van der Waals surface area contributed by atoms with Crippen LogP contribution < -0.4 is 5.32 Å². The van der Waals surface area contributed by atoms with Crippen molar-refractivity contribution >= 4 is 23.5 Å². The van der Waals surface area contributed by atoms with Crippen LogP contribution in [0.4, 0.5) is 5.69 Å². The first-order chi connectivity index (χ1) is 8.52. The van der Waals surface area contributed by atoms with Crippen molar-refractivity contribution in [3.05, 3.63) is 29.8 Å². The van der Waals surface area contributed by atoms with Gasteiger partial charge in [-0.3, -0.25) is 9.59 Å². The highest BCUT2D eigenvalue weighted by Crippen LogP contribution is 2.10. The number of esters is 1. The molecule has 96 valence electrons. The van der Waals surface area contributed by atoms with Crippen LogP contribution in [0.3, 0.4) is 0 Å². The first-order valence-corrected chi connectivity index (χ1v) is 5.31. The van der Waals surface area contributed by atoms with Crippen molar-refractivity contribution < 1.29 is 24.2 Å². The molecule has 0 atom stereocenters. The zero-order valence-corrected chi connectivity index (χ0v) is 9.80. The summed E-state index contributed by atoms with van der Waals surface area (Å²) >= 11 is 0. The maximum atomic E-state index is 11.3. The lowest BCUT2D eigenvalue weighted by molar-refractivity contribution is -0.152. The van der Waals surface area contributed by atoms with Gasteiger partial charge in [-0.2, -0.15) is 0 Å². The lowest BCUT2D eigenvalue weighted by atomic mass is 10.1. The molecule has 0 saturated carbocycles. The number of hydrogen-bond donors (Lipinski definition) is 2. The van der Waals surface area contributed by atoms with Gasteiger partial charge in [0.25, 0.3) is 0 Å². The minimum absolute atomic E-state index is 0.0912. The van der Waals surface area contributed by atoms with Crippen LogP contribution in [0.5, 0.6) is 0 Å². The van der Waals surface area contributed by atoms with Gasteiger partial charge in [-0.25, -0.2) is 4.79 Å². The van der Waals surface area contributed by atoms with E-state index in [9.17, 15) is 14.4 Å². The van der Waals surface area contributed by atoms with Crippen molar-refractivity contribution in [3.63, 3.8) is 0 Å². The first kappa shape index (κ1) is 13.7. The molecule has 1 amide bonds. The Kier molecular flexibility index (Phi) is 4.86. The second kappa shape index (κ2) is 6.39. The number of nitrogens with one attached hydrogen (secondary N) is 1. The molecule has 0 unspecified atom stereocenters. The van der Waals surface area contributed by atoms with Gasteiger partial charge in [0.15, 0.2) is 0 Å². The third-order valence-electron chi connectivity index (χ3n) is 2.03. The number of benzene rings is 1. The van der Waals surface area contributed by atoms with Crippen LogP contribution in [0.2, 0.25) is 0 Å². The lowest BCUT2D eigenvalue weighted by Gasteiger charge is -2.05. The van der Waals surface area contributed by atoms with Crippen LogP contribution in [0.1, 0.15) is 12.5 Å². The van der Waals surface area contributed by atoms with Gasteiger partial charge in [-0.1, -0.05) is 12.1 Å². The molecule has 0 radical (unpaired) electrons. The minimum Gasteiger partial charge on any atom is -0.481 e. The van der Waals surface area contributed by atoms with Crippen LogP contribution in [-0.4, -0.2) is 29.6 Å². The fraction of sp³-hybridized carbons (Fsp3) is 0.250. The van der Waals surface area contributed by atoms with E-state index in [1.165, 1.54) is 12.1 Å². The largest absolute Gasteiger partial charge is 0.481 e. The molecule has 0 heterocycles. The monoisotopic (exact) mass is 251 g/mol. The minimum atomic E-state index is -0.952. The van der Waals surface area contributed by atoms with E-state index in [4.69, 9.17) is 5.11 Å². The van der Waals surface area contributed by atoms with Crippen LogP contribution in [0.25, 0.3) is 0 Å². The number of hydrogen-bond acceptors (Lipinski definition) is 4. The van der Waals surface area contributed by atoms with Gasteiger partial charge in [0.2, 0.25) is 0 Å². The van der Waals surface area contributed by atoms with E-state index in [0.29, 0.717) is 11.3 Å². The van der Waals surface area contributed by atoms with Gasteiger partial charge >= 0.3 is 17.8 Å². The third kappa shape index (κ3) is 4.25. The number of carbonyl (C=O) groups is 3. The highest BCUT2D eigenvalue weighted by Gasteiger charge is 2.14. The molecule has 0 aliphatic rings. The summed E-state index contributed by atoms with van der Waals surface area (Å²) < 4.78 is 4.52. The third-order valence-corrected chi connectivity index (χ3v) is 2.03. The summed E-state index contributed by atoms with van der Waals surface area (Å²) in [6, 6.07) is 6.18. The smallest absolute Gasteiger partial charge is 0.397 e. The summed E-state index contributed by atoms with van der Waals surface area (Å²) in [5, 5.41) is 10.9. The number of amides is 1. The van der Waals surface area contributed by atoms with Gasteiger partial charge in [-0.15, -0.1) is 0 Å². The second-order valence-corrected chi connectivity index (χ2v) is 3.44. The summed E-state index contributed by atoms with van der Waals surface area (Å²) in [6.45, 7) is 1.73. The van der Waals surface area contributed by atoms with Crippen LogP contribution in [0, 0.1) is 0 Å². The van der Waals surface area contributed by atoms with Crippen LogP contribution >= 0.6 is 0 Å². The van der Waals surface area contributed by atoms with Crippen molar-refractivity contribution in [2.45, 2.75) is 13.3 Å². The Hall–Kier alpha value is -2.37. The Morgan fingerprint density at radius 3 is 2.33 bits per heavy atom. The number of rotatable bonds is 4. The highest BCUT2D eigenvalue weighted by molar-refractivity contribution is 6.37. The second-order valence-electron chi connectivity index (χ2n) is 3.44. The number of ether oxygens (including phenoxy) is 1. The fourth-order valence-electron chi connectivity index (χ4n) is 1.26. The van der Waals surface area contributed by atoms with E-state index in [1.54, 1.807) is 19.1 Å². The summed E-state index contributed by atoms with van der Waals surface area (Å²) in [5.41, 5.74) is 1.01. The molecule has 0 spiro atoms. The number of anilines is 1.